The molecule has 1 atom stereocenters. The van der Waals surface area contributed by atoms with Gasteiger partial charge in [0.2, 0.25) is 5.91 Å². The van der Waals surface area contributed by atoms with Gasteiger partial charge in [0.15, 0.2) is 0 Å². The van der Waals surface area contributed by atoms with Crippen LogP contribution < -0.4 is 11.1 Å². The summed E-state index contributed by atoms with van der Waals surface area (Å²) in [7, 11) is 4.11. The molecule has 4 nitrogen and oxygen atoms in total. The third-order valence-corrected chi connectivity index (χ3v) is 2.64. The number of hydrogen-bond acceptors (Lipinski definition) is 3. The molecular weight excluding hydrogens is 190 g/mol. The first-order chi connectivity index (χ1) is 6.92. The number of carbonyl (C=O) groups is 1. The molecule has 0 bridgehead atoms. The van der Waals surface area contributed by atoms with Gasteiger partial charge in [0.25, 0.3) is 0 Å². The Bertz CT molecular complexity index is 194. The van der Waals surface area contributed by atoms with Crippen LogP contribution in [0, 0.1) is 0 Å². The summed E-state index contributed by atoms with van der Waals surface area (Å²) in [4.78, 5) is 13.4. The molecule has 0 aliphatic rings. The minimum atomic E-state index is -0.541. The average molecular weight is 215 g/mol. The third kappa shape index (κ3) is 5.74. The zero-order valence-electron chi connectivity index (χ0n) is 10.5. The van der Waals surface area contributed by atoms with Crippen LogP contribution in [0.5, 0.6) is 0 Å². The maximum atomic E-state index is 11.3. The topological polar surface area (TPSA) is 58.4 Å². The lowest BCUT2D eigenvalue weighted by Gasteiger charge is -2.27. The number of nitrogens with zero attached hydrogens (tertiary/aromatic N) is 1. The predicted molar refractivity (Wildman–Crippen MR) is 63.7 cm³/mol. The van der Waals surface area contributed by atoms with Gasteiger partial charge in [-0.15, -0.1) is 0 Å². The number of amides is 1. The summed E-state index contributed by atoms with van der Waals surface area (Å²) < 4.78 is 0. The van der Waals surface area contributed by atoms with E-state index in [0.717, 1.165) is 32.4 Å². The fourth-order valence-corrected chi connectivity index (χ4v) is 1.60. The molecule has 15 heavy (non-hydrogen) atoms. The Kier molecular flexibility index (Phi) is 6.52. The van der Waals surface area contributed by atoms with Crippen molar-refractivity contribution in [1.29, 1.82) is 0 Å². The van der Waals surface area contributed by atoms with E-state index in [1.54, 1.807) is 0 Å². The summed E-state index contributed by atoms with van der Waals surface area (Å²) in [6.07, 6.45) is 2.93. The van der Waals surface area contributed by atoms with Crippen molar-refractivity contribution in [3.63, 3.8) is 0 Å². The lowest BCUT2D eigenvalue weighted by molar-refractivity contribution is -0.124. The second-order valence-corrected chi connectivity index (χ2v) is 4.49. The van der Waals surface area contributed by atoms with Gasteiger partial charge in [-0.2, -0.15) is 0 Å². The number of unbranched alkanes of at least 4 members (excludes halogenated alkanes) is 1. The molecule has 0 saturated heterocycles. The van der Waals surface area contributed by atoms with Gasteiger partial charge in [0.1, 0.15) is 0 Å². The Morgan fingerprint density at radius 2 is 2.00 bits per heavy atom. The van der Waals surface area contributed by atoms with E-state index in [9.17, 15) is 4.79 Å². The van der Waals surface area contributed by atoms with Crippen LogP contribution in [0.15, 0.2) is 0 Å². The van der Waals surface area contributed by atoms with Crippen LogP contribution in [-0.4, -0.2) is 43.5 Å². The van der Waals surface area contributed by atoms with E-state index in [-0.39, 0.29) is 5.91 Å². The molecular formula is C11H25N3O. The van der Waals surface area contributed by atoms with Crippen LogP contribution in [0.4, 0.5) is 0 Å². The number of nitrogens with one attached hydrogen (secondary N) is 1. The summed E-state index contributed by atoms with van der Waals surface area (Å²) in [5.41, 5.74) is 4.85. The third-order valence-electron chi connectivity index (χ3n) is 2.64. The van der Waals surface area contributed by atoms with Gasteiger partial charge in [0, 0.05) is 0 Å². The molecule has 0 rings (SSSR count). The van der Waals surface area contributed by atoms with Crippen molar-refractivity contribution >= 4 is 5.91 Å². The monoisotopic (exact) mass is 215 g/mol. The highest BCUT2D eigenvalue weighted by atomic mass is 16.1. The Morgan fingerprint density at radius 1 is 1.40 bits per heavy atom. The quantitative estimate of drug-likeness (QED) is 0.582. The number of likely N-dealkylation sites (N-methyl/N-ethyl adjacent to an activating group) is 1. The van der Waals surface area contributed by atoms with E-state index < -0.39 is 5.54 Å². The lowest BCUT2D eigenvalue weighted by atomic mass is 9.94. The van der Waals surface area contributed by atoms with Gasteiger partial charge in [-0.05, 0) is 53.4 Å². The normalized spacial score (nSPS) is 15.3. The fraction of sp³-hybridized carbons (Fsp3) is 0.909. The first-order valence-corrected chi connectivity index (χ1v) is 5.62. The van der Waals surface area contributed by atoms with Crippen molar-refractivity contribution in [2.45, 2.75) is 38.6 Å². The van der Waals surface area contributed by atoms with Crippen LogP contribution >= 0.6 is 0 Å². The molecule has 0 spiro atoms. The Balaban J connectivity index is 3.92. The molecule has 0 aliphatic heterocycles. The molecule has 1 unspecified atom stereocenters. The van der Waals surface area contributed by atoms with E-state index >= 15 is 0 Å². The minimum absolute atomic E-state index is 0.255. The summed E-state index contributed by atoms with van der Waals surface area (Å²) in [5.74, 6) is -0.255. The number of rotatable bonds is 8. The number of nitrogens with two attached hydrogens (primary N) is 1. The molecule has 0 aromatic heterocycles. The smallest absolute Gasteiger partial charge is 0.237 e. The molecule has 0 fully saturated rings. The Morgan fingerprint density at radius 3 is 2.40 bits per heavy atom. The van der Waals surface area contributed by atoms with Crippen molar-refractivity contribution in [3.8, 4) is 0 Å². The molecule has 0 saturated carbocycles. The second kappa shape index (κ2) is 6.80. The highest BCUT2D eigenvalue weighted by Gasteiger charge is 2.28. The van der Waals surface area contributed by atoms with Gasteiger partial charge in [-0.3, -0.25) is 4.79 Å². The zero-order valence-corrected chi connectivity index (χ0v) is 10.5. The van der Waals surface area contributed by atoms with Crippen molar-refractivity contribution in [2.75, 3.05) is 27.2 Å². The largest absolute Gasteiger partial charge is 0.368 e. The molecule has 0 radical (unpaired) electrons. The first-order valence-electron chi connectivity index (χ1n) is 5.62. The fourth-order valence-electron chi connectivity index (χ4n) is 1.60. The van der Waals surface area contributed by atoms with Crippen LogP contribution in [0.1, 0.15) is 33.1 Å². The molecule has 1 amide bonds. The van der Waals surface area contributed by atoms with E-state index in [1.165, 1.54) is 0 Å². The Hall–Kier alpha value is -0.610. The Labute approximate surface area is 93.2 Å². The van der Waals surface area contributed by atoms with E-state index in [4.69, 9.17) is 5.73 Å². The highest BCUT2D eigenvalue weighted by Crippen LogP contribution is 2.13. The molecule has 0 aromatic carbocycles. The molecule has 0 aliphatic carbocycles. The van der Waals surface area contributed by atoms with Gasteiger partial charge in [-0.1, -0.05) is 6.92 Å². The molecule has 90 valence electrons. The number of carbonyl (C=O) groups excluding carboxylic acids is 1. The maximum absolute atomic E-state index is 11.3. The van der Waals surface area contributed by atoms with Crippen molar-refractivity contribution in [2.24, 2.45) is 5.73 Å². The molecule has 3 N–H and O–H groups in total. The minimum Gasteiger partial charge on any atom is -0.368 e. The maximum Gasteiger partial charge on any atom is 0.237 e. The van der Waals surface area contributed by atoms with Crippen LogP contribution in [0.25, 0.3) is 0 Å². The number of hydrogen-bond donors (Lipinski definition) is 2. The van der Waals surface area contributed by atoms with Crippen molar-refractivity contribution in [1.82, 2.24) is 10.2 Å². The van der Waals surface area contributed by atoms with Crippen LogP contribution in [0.2, 0.25) is 0 Å². The van der Waals surface area contributed by atoms with Gasteiger partial charge in [0.05, 0.1) is 5.54 Å². The molecule has 4 heteroatoms. The SMILES string of the molecule is CCNC(C)(CCCCN(C)C)C(N)=O. The summed E-state index contributed by atoms with van der Waals surface area (Å²) in [6, 6.07) is 0. The molecule has 0 aromatic rings. The first kappa shape index (κ1) is 14.4. The number of primary amides is 1. The van der Waals surface area contributed by atoms with Crippen LogP contribution in [0.3, 0.4) is 0 Å². The highest BCUT2D eigenvalue weighted by molar-refractivity contribution is 5.84. The second-order valence-electron chi connectivity index (χ2n) is 4.49. The van der Waals surface area contributed by atoms with Gasteiger partial charge >= 0.3 is 0 Å². The lowest BCUT2D eigenvalue weighted by Crippen LogP contribution is -2.53. The molecule has 0 heterocycles. The zero-order chi connectivity index (χ0) is 11.9. The summed E-state index contributed by atoms with van der Waals surface area (Å²) >= 11 is 0. The van der Waals surface area contributed by atoms with Crippen molar-refractivity contribution in [3.05, 3.63) is 0 Å². The summed E-state index contributed by atoms with van der Waals surface area (Å²) in [6.45, 7) is 5.70. The van der Waals surface area contributed by atoms with E-state index in [2.05, 4.69) is 24.3 Å². The van der Waals surface area contributed by atoms with E-state index in [1.807, 2.05) is 13.8 Å². The standard InChI is InChI=1S/C11H25N3O/c1-5-13-11(2,10(12)15)8-6-7-9-14(3)4/h13H,5-9H2,1-4H3,(H2,12,15). The summed E-state index contributed by atoms with van der Waals surface area (Å²) in [5, 5.41) is 3.16. The van der Waals surface area contributed by atoms with Gasteiger partial charge < -0.3 is 16.0 Å². The van der Waals surface area contributed by atoms with E-state index in [0.29, 0.717) is 0 Å². The predicted octanol–water partition coefficient (Wildman–Crippen LogP) is 0.572. The average Bonchev–Trinajstić information content (AvgIpc) is 2.12. The van der Waals surface area contributed by atoms with Crippen LogP contribution in [-0.2, 0) is 4.79 Å². The van der Waals surface area contributed by atoms with Gasteiger partial charge in [-0.25, -0.2) is 0 Å². The van der Waals surface area contributed by atoms with Crippen molar-refractivity contribution < 1.29 is 4.79 Å².